The first kappa shape index (κ1) is 11.5. The van der Waals surface area contributed by atoms with Crippen LogP contribution in [0.15, 0.2) is 35.4 Å². The zero-order chi connectivity index (χ0) is 12.5. The van der Waals surface area contributed by atoms with E-state index in [2.05, 4.69) is 34.9 Å². The van der Waals surface area contributed by atoms with Gasteiger partial charge in [-0.2, -0.15) is 0 Å². The third-order valence-corrected chi connectivity index (χ3v) is 3.93. The maximum Gasteiger partial charge on any atom is 0.247 e. The minimum absolute atomic E-state index is 0.101. The van der Waals surface area contributed by atoms with Crippen molar-refractivity contribution in [2.45, 2.75) is 25.8 Å². The molecule has 0 atom stereocenters. The SMILES string of the molecule is CC(C(=O)NC1Cc2ccccc2C1)=C1CNC1. The highest BCUT2D eigenvalue weighted by atomic mass is 16.1. The van der Waals surface area contributed by atoms with Crippen molar-refractivity contribution in [3.63, 3.8) is 0 Å². The van der Waals surface area contributed by atoms with E-state index in [0.29, 0.717) is 0 Å². The Morgan fingerprint density at radius 3 is 2.33 bits per heavy atom. The summed E-state index contributed by atoms with van der Waals surface area (Å²) in [6.45, 7) is 3.65. The summed E-state index contributed by atoms with van der Waals surface area (Å²) in [5, 5.41) is 6.32. The molecule has 0 spiro atoms. The van der Waals surface area contributed by atoms with Gasteiger partial charge in [0.2, 0.25) is 5.91 Å². The molecule has 0 unspecified atom stereocenters. The smallest absolute Gasteiger partial charge is 0.247 e. The monoisotopic (exact) mass is 242 g/mol. The molecular weight excluding hydrogens is 224 g/mol. The lowest BCUT2D eigenvalue weighted by Gasteiger charge is -2.22. The fourth-order valence-electron chi connectivity index (χ4n) is 2.63. The number of rotatable bonds is 2. The van der Waals surface area contributed by atoms with Crippen LogP contribution < -0.4 is 10.6 Å². The molecule has 3 heteroatoms. The third kappa shape index (κ3) is 2.06. The Morgan fingerprint density at radius 1 is 1.22 bits per heavy atom. The average molecular weight is 242 g/mol. The number of nitrogens with one attached hydrogen (secondary N) is 2. The van der Waals surface area contributed by atoms with Gasteiger partial charge < -0.3 is 10.6 Å². The molecule has 1 amide bonds. The van der Waals surface area contributed by atoms with E-state index in [0.717, 1.165) is 31.5 Å². The second-order valence-electron chi connectivity index (χ2n) is 5.18. The highest BCUT2D eigenvalue weighted by molar-refractivity contribution is 5.94. The van der Waals surface area contributed by atoms with Crippen LogP contribution in [0.1, 0.15) is 18.1 Å². The molecule has 0 aromatic heterocycles. The molecule has 1 aliphatic carbocycles. The Morgan fingerprint density at radius 2 is 1.83 bits per heavy atom. The average Bonchev–Trinajstić information content (AvgIpc) is 2.68. The number of amides is 1. The first-order chi connectivity index (χ1) is 8.74. The van der Waals surface area contributed by atoms with E-state index >= 15 is 0 Å². The number of benzene rings is 1. The highest BCUT2D eigenvalue weighted by Crippen LogP contribution is 2.22. The van der Waals surface area contributed by atoms with Crippen LogP contribution in [-0.2, 0) is 17.6 Å². The standard InChI is InChI=1S/C15H18N2O/c1-10(13-8-16-9-13)15(18)17-14-6-11-4-2-3-5-12(11)7-14/h2-5,14,16H,6-9H2,1H3,(H,17,18). The molecule has 94 valence electrons. The van der Waals surface area contributed by atoms with Crippen molar-refractivity contribution in [2.75, 3.05) is 13.1 Å². The lowest BCUT2D eigenvalue weighted by Crippen LogP contribution is -2.40. The van der Waals surface area contributed by atoms with Crippen molar-refractivity contribution in [2.24, 2.45) is 0 Å². The molecule has 3 nitrogen and oxygen atoms in total. The van der Waals surface area contributed by atoms with E-state index in [9.17, 15) is 4.79 Å². The van der Waals surface area contributed by atoms with Crippen molar-refractivity contribution in [3.8, 4) is 0 Å². The minimum atomic E-state index is 0.101. The quantitative estimate of drug-likeness (QED) is 0.765. The first-order valence-electron chi connectivity index (χ1n) is 6.51. The number of fused-ring (bicyclic) bond motifs is 1. The van der Waals surface area contributed by atoms with Gasteiger partial charge in [0.25, 0.3) is 0 Å². The maximum absolute atomic E-state index is 12.1. The maximum atomic E-state index is 12.1. The van der Waals surface area contributed by atoms with Gasteiger partial charge in [-0.1, -0.05) is 24.3 Å². The molecule has 1 fully saturated rings. The van der Waals surface area contributed by atoms with Gasteiger partial charge in [-0.05, 0) is 36.5 Å². The molecule has 18 heavy (non-hydrogen) atoms. The van der Waals surface area contributed by atoms with Crippen LogP contribution in [0.3, 0.4) is 0 Å². The van der Waals surface area contributed by atoms with Crippen LogP contribution in [0.25, 0.3) is 0 Å². The fraction of sp³-hybridized carbons (Fsp3) is 0.400. The molecule has 0 bridgehead atoms. The Labute approximate surface area is 107 Å². The molecule has 2 aliphatic rings. The van der Waals surface area contributed by atoms with Gasteiger partial charge in [0.05, 0.1) is 0 Å². The number of carbonyl (C=O) groups is 1. The number of carbonyl (C=O) groups excluding carboxylic acids is 1. The van der Waals surface area contributed by atoms with Gasteiger partial charge in [0.15, 0.2) is 0 Å². The molecule has 1 aromatic carbocycles. The van der Waals surface area contributed by atoms with Crippen LogP contribution in [0, 0.1) is 0 Å². The third-order valence-electron chi connectivity index (χ3n) is 3.93. The van der Waals surface area contributed by atoms with Crippen LogP contribution in [-0.4, -0.2) is 25.0 Å². The van der Waals surface area contributed by atoms with Crippen LogP contribution in [0.5, 0.6) is 0 Å². The van der Waals surface area contributed by atoms with Crippen molar-refractivity contribution in [3.05, 3.63) is 46.5 Å². The van der Waals surface area contributed by atoms with E-state index in [1.807, 2.05) is 6.92 Å². The van der Waals surface area contributed by atoms with E-state index in [1.165, 1.54) is 16.7 Å². The summed E-state index contributed by atoms with van der Waals surface area (Å²) in [6, 6.07) is 8.70. The van der Waals surface area contributed by atoms with Crippen LogP contribution in [0.4, 0.5) is 0 Å². The molecule has 2 N–H and O–H groups in total. The molecular formula is C15H18N2O. The molecule has 0 radical (unpaired) electrons. The van der Waals surface area contributed by atoms with E-state index < -0.39 is 0 Å². The van der Waals surface area contributed by atoms with Crippen molar-refractivity contribution in [1.29, 1.82) is 0 Å². The second kappa shape index (κ2) is 4.58. The van der Waals surface area contributed by atoms with Gasteiger partial charge in [-0.15, -0.1) is 0 Å². The van der Waals surface area contributed by atoms with Gasteiger partial charge in [-0.3, -0.25) is 4.79 Å². The number of hydrogen-bond donors (Lipinski definition) is 2. The molecule has 1 saturated heterocycles. The summed E-state index contributed by atoms with van der Waals surface area (Å²) >= 11 is 0. The van der Waals surface area contributed by atoms with Gasteiger partial charge >= 0.3 is 0 Å². The molecule has 0 saturated carbocycles. The Hall–Kier alpha value is -1.61. The molecule has 1 aliphatic heterocycles. The molecule has 3 rings (SSSR count). The van der Waals surface area contributed by atoms with Gasteiger partial charge in [0.1, 0.15) is 0 Å². The molecule has 1 heterocycles. The lowest BCUT2D eigenvalue weighted by atomic mass is 10.0. The van der Waals surface area contributed by atoms with Crippen molar-refractivity contribution < 1.29 is 4.79 Å². The van der Waals surface area contributed by atoms with Crippen molar-refractivity contribution in [1.82, 2.24) is 10.6 Å². The summed E-state index contributed by atoms with van der Waals surface area (Å²) in [5.41, 5.74) is 4.88. The zero-order valence-corrected chi connectivity index (χ0v) is 10.6. The number of hydrogen-bond acceptors (Lipinski definition) is 2. The van der Waals surface area contributed by atoms with Gasteiger partial charge in [-0.25, -0.2) is 0 Å². The first-order valence-corrected chi connectivity index (χ1v) is 6.51. The Bertz CT molecular complexity index is 488. The summed E-state index contributed by atoms with van der Waals surface area (Å²) in [5.74, 6) is 0.101. The predicted molar refractivity (Wildman–Crippen MR) is 71.4 cm³/mol. The Kier molecular flexibility index (Phi) is 2.92. The predicted octanol–water partition coefficient (Wildman–Crippen LogP) is 1.19. The van der Waals surface area contributed by atoms with E-state index in [4.69, 9.17) is 0 Å². The fourth-order valence-corrected chi connectivity index (χ4v) is 2.63. The highest BCUT2D eigenvalue weighted by Gasteiger charge is 2.24. The molecule has 1 aromatic rings. The summed E-state index contributed by atoms with van der Waals surface area (Å²) in [6.07, 6.45) is 1.92. The zero-order valence-electron chi connectivity index (χ0n) is 10.6. The normalized spacial score (nSPS) is 18.2. The summed E-state index contributed by atoms with van der Waals surface area (Å²) in [4.78, 5) is 12.1. The minimum Gasteiger partial charge on any atom is -0.349 e. The van der Waals surface area contributed by atoms with Crippen molar-refractivity contribution >= 4 is 5.91 Å². The Balaban J connectivity index is 1.64. The van der Waals surface area contributed by atoms with Crippen LogP contribution >= 0.6 is 0 Å². The van der Waals surface area contributed by atoms with E-state index in [-0.39, 0.29) is 11.9 Å². The topological polar surface area (TPSA) is 41.1 Å². The van der Waals surface area contributed by atoms with Crippen LogP contribution in [0.2, 0.25) is 0 Å². The van der Waals surface area contributed by atoms with E-state index in [1.54, 1.807) is 0 Å². The summed E-state index contributed by atoms with van der Waals surface area (Å²) in [7, 11) is 0. The largest absolute Gasteiger partial charge is 0.349 e. The van der Waals surface area contributed by atoms with Gasteiger partial charge in [0, 0.05) is 24.7 Å². The lowest BCUT2D eigenvalue weighted by molar-refractivity contribution is -0.118. The summed E-state index contributed by atoms with van der Waals surface area (Å²) < 4.78 is 0. The second-order valence-corrected chi connectivity index (χ2v) is 5.18.